The number of nitrogens with one attached hydrogen (secondary N) is 1. The Morgan fingerprint density at radius 2 is 2.28 bits per heavy atom. The van der Waals surface area contributed by atoms with Crippen LogP contribution < -0.4 is 5.32 Å². The highest BCUT2D eigenvalue weighted by Gasteiger charge is 2.46. The molecule has 1 N–H and O–H groups in total. The van der Waals surface area contributed by atoms with Crippen LogP contribution in [0.15, 0.2) is 0 Å². The Morgan fingerprint density at radius 3 is 3.04 bits per heavy atom. The number of carbonyl (C=O) groups is 1. The van der Waals surface area contributed by atoms with Crippen LogP contribution in [-0.2, 0) is 26.3 Å². The first-order valence-corrected chi connectivity index (χ1v) is 9.07. The monoisotopic (exact) mass is 346 g/mol. The SMILES string of the molecule is COCC(=O)N1CC[C@@]2(COCc3c(C)nc(NCC4CC4)nc32)C1. The number of fused-ring (bicyclic) bond motifs is 2. The van der Waals surface area contributed by atoms with Gasteiger partial charge in [0.15, 0.2) is 0 Å². The molecule has 7 nitrogen and oxygen atoms in total. The number of hydrogen-bond acceptors (Lipinski definition) is 6. The maximum absolute atomic E-state index is 12.2. The Kier molecular flexibility index (Phi) is 4.37. The molecular weight excluding hydrogens is 320 g/mol. The second-order valence-electron chi connectivity index (χ2n) is 7.56. The molecule has 0 unspecified atom stereocenters. The number of ether oxygens (including phenoxy) is 2. The number of rotatable bonds is 5. The van der Waals surface area contributed by atoms with Crippen LogP contribution in [0.5, 0.6) is 0 Å². The Hall–Kier alpha value is -1.73. The van der Waals surface area contributed by atoms with Crippen molar-refractivity contribution in [2.75, 3.05) is 45.3 Å². The molecule has 1 saturated heterocycles. The summed E-state index contributed by atoms with van der Waals surface area (Å²) in [6.45, 7) is 5.61. The van der Waals surface area contributed by atoms with Gasteiger partial charge in [-0.2, -0.15) is 0 Å². The number of aromatic nitrogens is 2. The molecule has 1 aromatic heterocycles. The Bertz CT molecular complexity index is 677. The third-order valence-electron chi connectivity index (χ3n) is 5.56. The van der Waals surface area contributed by atoms with Crippen LogP contribution >= 0.6 is 0 Å². The van der Waals surface area contributed by atoms with Crippen LogP contribution in [0.2, 0.25) is 0 Å². The molecule has 2 fully saturated rings. The molecule has 0 bridgehead atoms. The van der Waals surface area contributed by atoms with E-state index in [0.717, 1.165) is 42.4 Å². The van der Waals surface area contributed by atoms with Crippen molar-refractivity contribution in [2.45, 2.75) is 38.2 Å². The van der Waals surface area contributed by atoms with Gasteiger partial charge in [0.05, 0.1) is 24.3 Å². The van der Waals surface area contributed by atoms with E-state index < -0.39 is 0 Å². The van der Waals surface area contributed by atoms with Crippen LogP contribution in [-0.4, -0.2) is 60.7 Å². The van der Waals surface area contributed by atoms with Gasteiger partial charge in [-0.15, -0.1) is 0 Å². The summed E-state index contributed by atoms with van der Waals surface area (Å²) in [5.74, 6) is 1.52. The predicted molar refractivity (Wildman–Crippen MR) is 92.4 cm³/mol. The van der Waals surface area contributed by atoms with Crippen molar-refractivity contribution in [1.29, 1.82) is 0 Å². The fourth-order valence-corrected chi connectivity index (χ4v) is 3.87. The van der Waals surface area contributed by atoms with Crippen molar-refractivity contribution < 1.29 is 14.3 Å². The number of anilines is 1. The molecule has 3 heterocycles. The number of hydrogen-bond donors (Lipinski definition) is 1. The first kappa shape index (κ1) is 16.7. The van der Waals surface area contributed by atoms with Crippen LogP contribution in [0.1, 0.15) is 36.2 Å². The molecule has 7 heteroatoms. The molecule has 4 rings (SSSR count). The standard InChI is InChI=1S/C18H26N4O3/c1-12-14-8-25-11-18(5-6-22(10-18)15(23)9-24-2)16(14)21-17(20-12)19-7-13-3-4-13/h13H,3-11H2,1-2H3,(H,19,20,21)/t18-/m0/s1. The van der Waals surface area contributed by atoms with Gasteiger partial charge in [0, 0.05) is 38.0 Å². The van der Waals surface area contributed by atoms with Gasteiger partial charge in [0.25, 0.3) is 0 Å². The van der Waals surface area contributed by atoms with Crippen molar-refractivity contribution in [3.05, 3.63) is 17.0 Å². The molecule has 136 valence electrons. The van der Waals surface area contributed by atoms with Gasteiger partial charge in [0.1, 0.15) is 6.61 Å². The summed E-state index contributed by atoms with van der Waals surface area (Å²) in [5.41, 5.74) is 2.91. The van der Waals surface area contributed by atoms with Crippen LogP contribution in [0.4, 0.5) is 5.95 Å². The van der Waals surface area contributed by atoms with Crippen LogP contribution in [0, 0.1) is 12.8 Å². The lowest BCUT2D eigenvalue weighted by molar-refractivity contribution is -0.134. The van der Waals surface area contributed by atoms with Gasteiger partial charge in [-0.1, -0.05) is 0 Å². The molecule has 1 spiro atoms. The molecule has 1 aromatic rings. The molecule has 0 aromatic carbocycles. The lowest BCUT2D eigenvalue weighted by Crippen LogP contribution is -2.42. The third kappa shape index (κ3) is 3.22. The summed E-state index contributed by atoms with van der Waals surface area (Å²) in [7, 11) is 1.55. The average Bonchev–Trinajstić information content (AvgIpc) is 3.34. The van der Waals surface area contributed by atoms with Gasteiger partial charge in [-0.25, -0.2) is 9.97 Å². The highest BCUT2D eigenvalue weighted by Crippen LogP contribution is 2.40. The predicted octanol–water partition coefficient (Wildman–Crippen LogP) is 1.25. The summed E-state index contributed by atoms with van der Waals surface area (Å²) in [5, 5.41) is 3.39. The first-order valence-electron chi connectivity index (χ1n) is 9.07. The highest BCUT2D eigenvalue weighted by molar-refractivity contribution is 5.78. The third-order valence-corrected chi connectivity index (χ3v) is 5.56. The van der Waals surface area contributed by atoms with Crippen molar-refractivity contribution in [1.82, 2.24) is 14.9 Å². The van der Waals surface area contributed by atoms with Crippen molar-refractivity contribution >= 4 is 11.9 Å². The molecule has 1 saturated carbocycles. The number of aryl methyl sites for hydroxylation is 1. The molecule has 2 aliphatic heterocycles. The zero-order valence-corrected chi connectivity index (χ0v) is 15.0. The van der Waals surface area contributed by atoms with Gasteiger partial charge < -0.3 is 19.7 Å². The Morgan fingerprint density at radius 1 is 1.44 bits per heavy atom. The number of likely N-dealkylation sites (tertiary alicyclic amines) is 1. The summed E-state index contributed by atoms with van der Waals surface area (Å²) in [6, 6.07) is 0. The number of methoxy groups -OCH3 is 1. The van der Waals surface area contributed by atoms with Crippen LogP contribution in [0.3, 0.4) is 0 Å². The smallest absolute Gasteiger partial charge is 0.248 e. The van der Waals surface area contributed by atoms with E-state index in [4.69, 9.17) is 14.5 Å². The van der Waals surface area contributed by atoms with Crippen LogP contribution in [0.25, 0.3) is 0 Å². The minimum Gasteiger partial charge on any atom is -0.376 e. The molecule has 1 atom stereocenters. The van der Waals surface area contributed by atoms with Crippen molar-refractivity contribution in [3.63, 3.8) is 0 Å². The second kappa shape index (κ2) is 6.53. The largest absolute Gasteiger partial charge is 0.376 e. The van der Waals surface area contributed by atoms with Gasteiger partial charge >= 0.3 is 0 Å². The fraction of sp³-hybridized carbons (Fsp3) is 0.722. The highest BCUT2D eigenvalue weighted by atomic mass is 16.5. The van der Waals surface area contributed by atoms with Gasteiger partial charge in [0.2, 0.25) is 11.9 Å². The molecule has 1 aliphatic carbocycles. The summed E-state index contributed by atoms with van der Waals surface area (Å²) in [6.07, 6.45) is 3.46. The van der Waals surface area contributed by atoms with E-state index in [1.165, 1.54) is 12.8 Å². The van der Waals surface area contributed by atoms with E-state index in [1.54, 1.807) is 7.11 Å². The van der Waals surface area contributed by atoms with Crippen molar-refractivity contribution in [2.24, 2.45) is 5.92 Å². The second-order valence-corrected chi connectivity index (χ2v) is 7.56. The summed E-state index contributed by atoms with van der Waals surface area (Å²) >= 11 is 0. The fourth-order valence-electron chi connectivity index (χ4n) is 3.87. The van der Waals surface area contributed by atoms with E-state index in [9.17, 15) is 4.79 Å². The zero-order valence-electron chi connectivity index (χ0n) is 15.0. The number of carbonyl (C=O) groups excluding carboxylic acids is 1. The average molecular weight is 346 g/mol. The van der Waals surface area contributed by atoms with Gasteiger partial charge in [-0.3, -0.25) is 4.79 Å². The molecule has 3 aliphatic rings. The normalized spacial score (nSPS) is 25.3. The van der Waals surface area contributed by atoms with E-state index in [1.807, 2.05) is 11.8 Å². The number of amides is 1. The summed E-state index contributed by atoms with van der Waals surface area (Å²) in [4.78, 5) is 23.6. The minimum absolute atomic E-state index is 0.0318. The van der Waals surface area contributed by atoms with E-state index in [2.05, 4.69) is 10.3 Å². The van der Waals surface area contributed by atoms with E-state index >= 15 is 0 Å². The molecule has 1 amide bonds. The zero-order chi connectivity index (χ0) is 17.4. The molecule has 25 heavy (non-hydrogen) atoms. The molecule has 0 radical (unpaired) electrons. The Labute approximate surface area is 148 Å². The maximum Gasteiger partial charge on any atom is 0.248 e. The molecular formula is C18H26N4O3. The van der Waals surface area contributed by atoms with Crippen molar-refractivity contribution in [3.8, 4) is 0 Å². The Balaban J connectivity index is 1.60. The van der Waals surface area contributed by atoms with Gasteiger partial charge in [-0.05, 0) is 32.1 Å². The van der Waals surface area contributed by atoms with E-state index in [-0.39, 0.29) is 17.9 Å². The lowest BCUT2D eigenvalue weighted by atomic mass is 9.80. The first-order chi connectivity index (χ1) is 12.1. The number of nitrogens with zero attached hydrogens (tertiary/aromatic N) is 3. The quantitative estimate of drug-likeness (QED) is 0.865. The van der Waals surface area contributed by atoms with E-state index in [0.29, 0.717) is 25.7 Å². The maximum atomic E-state index is 12.2. The topological polar surface area (TPSA) is 76.6 Å². The summed E-state index contributed by atoms with van der Waals surface area (Å²) < 4.78 is 10.9. The minimum atomic E-state index is -0.222. The lowest BCUT2D eigenvalue weighted by Gasteiger charge is -2.35.